The molecule has 0 amide bonds. The molecule has 0 saturated carbocycles. The molecule has 0 aromatic carbocycles. The maximum atomic E-state index is 5.74. The highest BCUT2D eigenvalue weighted by Crippen LogP contribution is 2.28. The van der Waals surface area contributed by atoms with E-state index < -0.39 is 0 Å². The van der Waals surface area contributed by atoms with Gasteiger partial charge in [-0.15, -0.1) is 0 Å². The van der Waals surface area contributed by atoms with Gasteiger partial charge < -0.3 is 5.73 Å². The van der Waals surface area contributed by atoms with Crippen LogP contribution in [0.3, 0.4) is 0 Å². The second kappa shape index (κ2) is 3.29. The molecular weight excluding hydrogens is 226 g/mol. The fourth-order valence-electron chi connectivity index (χ4n) is 1.44. The quantitative estimate of drug-likeness (QED) is 0.703. The number of fused-ring (bicyclic) bond motifs is 1. The molecule has 3 aromatic heterocycles. The Balaban J connectivity index is 2.23. The van der Waals surface area contributed by atoms with Crippen molar-refractivity contribution in [3.05, 3.63) is 29.1 Å². The SMILES string of the molecule is Nc1snc2cc(-c3ccsc3)cnc12. The lowest BCUT2D eigenvalue weighted by Crippen LogP contribution is -1.83. The summed E-state index contributed by atoms with van der Waals surface area (Å²) in [5.41, 5.74) is 9.69. The summed E-state index contributed by atoms with van der Waals surface area (Å²) in [5, 5.41) is 4.83. The van der Waals surface area contributed by atoms with Crippen LogP contribution in [-0.4, -0.2) is 9.36 Å². The Hall–Kier alpha value is -1.46. The summed E-state index contributed by atoms with van der Waals surface area (Å²) in [5.74, 6) is 0. The Labute approximate surface area is 94.4 Å². The van der Waals surface area contributed by atoms with Crippen molar-refractivity contribution in [2.24, 2.45) is 0 Å². The van der Waals surface area contributed by atoms with Gasteiger partial charge in [0, 0.05) is 11.8 Å². The zero-order chi connectivity index (χ0) is 10.3. The minimum absolute atomic E-state index is 0.682. The number of nitrogen functional groups attached to an aromatic ring is 1. The molecule has 0 aliphatic carbocycles. The van der Waals surface area contributed by atoms with Crippen molar-refractivity contribution in [1.29, 1.82) is 0 Å². The number of aromatic nitrogens is 2. The number of anilines is 1. The Morgan fingerprint density at radius 1 is 1.27 bits per heavy atom. The summed E-state index contributed by atoms with van der Waals surface area (Å²) < 4.78 is 4.25. The van der Waals surface area contributed by atoms with Gasteiger partial charge in [0.05, 0.1) is 0 Å². The van der Waals surface area contributed by atoms with Crippen LogP contribution in [0.4, 0.5) is 5.00 Å². The molecule has 3 heterocycles. The van der Waals surface area contributed by atoms with E-state index in [-0.39, 0.29) is 0 Å². The molecule has 0 radical (unpaired) electrons. The van der Waals surface area contributed by atoms with Gasteiger partial charge in [-0.1, -0.05) is 0 Å². The summed E-state index contributed by atoms with van der Waals surface area (Å²) in [6.07, 6.45) is 1.84. The standard InChI is InChI=1S/C10H7N3S2/c11-10-9-8(13-15-10)3-7(4-12-9)6-1-2-14-5-6/h1-5H,11H2. The molecule has 0 aliphatic heterocycles. The molecule has 0 fully saturated rings. The van der Waals surface area contributed by atoms with E-state index in [1.54, 1.807) is 11.3 Å². The highest BCUT2D eigenvalue weighted by molar-refractivity contribution is 7.11. The summed E-state index contributed by atoms with van der Waals surface area (Å²) in [6, 6.07) is 4.10. The lowest BCUT2D eigenvalue weighted by atomic mass is 10.1. The van der Waals surface area contributed by atoms with Crippen LogP contribution in [0.25, 0.3) is 22.2 Å². The highest BCUT2D eigenvalue weighted by atomic mass is 32.1. The van der Waals surface area contributed by atoms with Gasteiger partial charge in [-0.3, -0.25) is 4.98 Å². The lowest BCUT2D eigenvalue weighted by molar-refractivity contribution is 1.41. The van der Waals surface area contributed by atoms with Crippen molar-refractivity contribution in [3.8, 4) is 11.1 Å². The highest BCUT2D eigenvalue weighted by Gasteiger charge is 2.06. The molecule has 0 saturated heterocycles. The average molecular weight is 233 g/mol. The van der Waals surface area contributed by atoms with Gasteiger partial charge in [0.25, 0.3) is 0 Å². The first kappa shape index (κ1) is 8.82. The molecule has 0 aliphatic rings. The Bertz CT molecular complexity index is 598. The van der Waals surface area contributed by atoms with Crippen molar-refractivity contribution in [3.63, 3.8) is 0 Å². The molecule has 0 unspecified atom stereocenters. The van der Waals surface area contributed by atoms with E-state index in [0.29, 0.717) is 5.00 Å². The van der Waals surface area contributed by atoms with E-state index in [1.807, 2.05) is 12.3 Å². The number of nitrogens with zero attached hydrogens (tertiary/aromatic N) is 2. The van der Waals surface area contributed by atoms with Crippen molar-refractivity contribution in [1.82, 2.24) is 9.36 Å². The molecule has 74 valence electrons. The molecule has 15 heavy (non-hydrogen) atoms. The van der Waals surface area contributed by atoms with Gasteiger partial charge in [0.15, 0.2) is 0 Å². The minimum atomic E-state index is 0.682. The number of hydrogen-bond donors (Lipinski definition) is 1. The molecule has 3 aromatic rings. The molecule has 0 bridgehead atoms. The fraction of sp³-hybridized carbons (Fsp3) is 0. The maximum Gasteiger partial charge on any atom is 0.133 e. The van der Waals surface area contributed by atoms with Crippen LogP contribution in [-0.2, 0) is 0 Å². The molecule has 0 spiro atoms. The Kier molecular flexibility index (Phi) is 1.93. The van der Waals surface area contributed by atoms with Crippen LogP contribution in [0.5, 0.6) is 0 Å². The van der Waals surface area contributed by atoms with Gasteiger partial charge in [0.2, 0.25) is 0 Å². The zero-order valence-corrected chi connectivity index (χ0v) is 9.31. The van der Waals surface area contributed by atoms with E-state index in [1.165, 1.54) is 17.1 Å². The molecule has 3 rings (SSSR count). The normalized spacial score (nSPS) is 10.9. The summed E-state index contributed by atoms with van der Waals surface area (Å²) in [7, 11) is 0. The van der Waals surface area contributed by atoms with Crippen LogP contribution < -0.4 is 5.73 Å². The monoisotopic (exact) mass is 233 g/mol. The van der Waals surface area contributed by atoms with Gasteiger partial charge >= 0.3 is 0 Å². The van der Waals surface area contributed by atoms with Crippen LogP contribution in [0, 0.1) is 0 Å². The first-order chi connectivity index (χ1) is 7.34. The third-order valence-electron chi connectivity index (χ3n) is 2.20. The molecule has 5 heteroatoms. The van der Waals surface area contributed by atoms with E-state index in [9.17, 15) is 0 Å². The van der Waals surface area contributed by atoms with Gasteiger partial charge in [0.1, 0.15) is 16.0 Å². The number of hydrogen-bond acceptors (Lipinski definition) is 5. The summed E-state index contributed by atoms with van der Waals surface area (Å²) >= 11 is 2.97. The van der Waals surface area contributed by atoms with Gasteiger partial charge in [-0.05, 0) is 40.0 Å². The number of pyridine rings is 1. The molecule has 2 N–H and O–H groups in total. The van der Waals surface area contributed by atoms with E-state index in [2.05, 4.69) is 26.2 Å². The third kappa shape index (κ3) is 1.40. The van der Waals surface area contributed by atoms with Gasteiger partial charge in [-0.25, -0.2) is 0 Å². The van der Waals surface area contributed by atoms with Crippen molar-refractivity contribution >= 4 is 38.9 Å². The van der Waals surface area contributed by atoms with Crippen molar-refractivity contribution in [2.75, 3.05) is 5.73 Å². The Morgan fingerprint density at radius 2 is 2.20 bits per heavy atom. The van der Waals surface area contributed by atoms with Crippen molar-refractivity contribution < 1.29 is 0 Å². The summed E-state index contributed by atoms with van der Waals surface area (Å²) in [6.45, 7) is 0. The third-order valence-corrected chi connectivity index (χ3v) is 3.56. The second-order valence-electron chi connectivity index (χ2n) is 3.15. The van der Waals surface area contributed by atoms with E-state index in [0.717, 1.165) is 16.6 Å². The second-order valence-corrected chi connectivity index (χ2v) is 4.74. The van der Waals surface area contributed by atoms with Gasteiger partial charge in [-0.2, -0.15) is 15.7 Å². The first-order valence-electron chi connectivity index (χ1n) is 4.38. The fourth-order valence-corrected chi connectivity index (χ4v) is 2.69. The molecular formula is C10H7N3S2. The zero-order valence-electron chi connectivity index (χ0n) is 7.68. The van der Waals surface area contributed by atoms with E-state index >= 15 is 0 Å². The topological polar surface area (TPSA) is 51.8 Å². The molecule has 3 nitrogen and oxygen atoms in total. The number of rotatable bonds is 1. The molecule has 0 atom stereocenters. The van der Waals surface area contributed by atoms with E-state index in [4.69, 9.17) is 5.73 Å². The number of thiophene rings is 1. The van der Waals surface area contributed by atoms with Crippen LogP contribution >= 0.6 is 22.9 Å². The van der Waals surface area contributed by atoms with Crippen LogP contribution in [0.2, 0.25) is 0 Å². The predicted molar refractivity (Wildman–Crippen MR) is 65.1 cm³/mol. The summed E-state index contributed by atoms with van der Waals surface area (Å²) in [4.78, 5) is 4.32. The first-order valence-corrected chi connectivity index (χ1v) is 6.10. The minimum Gasteiger partial charge on any atom is -0.388 e. The smallest absolute Gasteiger partial charge is 0.133 e. The van der Waals surface area contributed by atoms with Crippen LogP contribution in [0.1, 0.15) is 0 Å². The van der Waals surface area contributed by atoms with Crippen LogP contribution in [0.15, 0.2) is 29.1 Å². The predicted octanol–water partition coefficient (Wildman–Crippen LogP) is 3.00. The number of nitrogens with two attached hydrogens (primary N) is 1. The largest absolute Gasteiger partial charge is 0.388 e. The van der Waals surface area contributed by atoms with Crippen molar-refractivity contribution in [2.45, 2.75) is 0 Å². The lowest BCUT2D eigenvalue weighted by Gasteiger charge is -1.96. The average Bonchev–Trinajstić information content (AvgIpc) is 2.88. The maximum absolute atomic E-state index is 5.74. The Morgan fingerprint density at radius 3 is 3.00 bits per heavy atom.